The van der Waals surface area contributed by atoms with Gasteiger partial charge in [0.1, 0.15) is 6.04 Å². The van der Waals surface area contributed by atoms with Crippen LogP contribution in [0.15, 0.2) is 66.7 Å². The molecule has 2 aromatic carbocycles. The van der Waals surface area contributed by atoms with Crippen LogP contribution in [-0.2, 0) is 9.59 Å². The van der Waals surface area contributed by atoms with Gasteiger partial charge in [0.15, 0.2) is 0 Å². The van der Waals surface area contributed by atoms with Crippen molar-refractivity contribution in [3.8, 4) is 0 Å². The summed E-state index contributed by atoms with van der Waals surface area (Å²) in [5.74, 6) is 0.280. The van der Waals surface area contributed by atoms with E-state index in [1.165, 1.54) is 6.42 Å². The minimum absolute atomic E-state index is 0.0635. The monoisotopic (exact) mass is 374 g/mol. The van der Waals surface area contributed by atoms with Gasteiger partial charge >= 0.3 is 0 Å². The lowest BCUT2D eigenvalue weighted by atomic mass is 9.84. The van der Waals surface area contributed by atoms with E-state index in [1.54, 1.807) is 6.08 Å². The molecule has 2 aliphatic rings. The maximum Gasteiger partial charge on any atom is 0.247 e. The Hall–Kier alpha value is -2.88. The largest absolute Gasteiger partial charge is 0.324 e. The highest BCUT2D eigenvalue weighted by Crippen LogP contribution is 2.40. The minimum atomic E-state index is -0.402. The van der Waals surface area contributed by atoms with Crippen molar-refractivity contribution in [3.63, 3.8) is 0 Å². The number of hydrogen-bond acceptors (Lipinski definition) is 2. The summed E-state index contributed by atoms with van der Waals surface area (Å²) in [6.45, 7) is 0. The summed E-state index contributed by atoms with van der Waals surface area (Å²) >= 11 is 0. The van der Waals surface area contributed by atoms with Crippen LogP contribution in [-0.4, -0.2) is 28.8 Å². The number of anilines is 1. The molecule has 1 heterocycles. The average molecular weight is 374 g/mol. The highest BCUT2D eigenvalue weighted by atomic mass is 16.2. The molecule has 0 bridgehead atoms. The van der Waals surface area contributed by atoms with Gasteiger partial charge in [0.05, 0.1) is 0 Å². The van der Waals surface area contributed by atoms with Crippen LogP contribution < -0.4 is 5.32 Å². The average Bonchev–Trinajstić information content (AvgIpc) is 3.13. The van der Waals surface area contributed by atoms with E-state index in [0.29, 0.717) is 5.92 Å². The van der Waals surface area contributed by atoms with E-state index in [9.17, 15) is 9.59 Å². The summed E-state index contributed by atoms with van der Waals surface area (Å²) < 4.78 is 0. The Morgan fingerprint density at radius 1 is 0.929 bits per heavy atom. The van der Waals surface area contributed by atoms with Crippen LogP contribution >= 0.6 is 0 Å². The Kier molecular flexibility index (Phi) is 5.56. The second-order valence-electron chi connectivity index (χ2n) is 7.71. The molecule has 4 nitrogen and oxygen atoms in total. The number of hydrogen-bond donors (Lipinski definition) is 1. The summed E-state index contributed by atoms with van der Waals surface area (Å²) in [6.07, 6.45) is 8.63. The molecule has 4 heteroatoms. The molecule has 1 saturated heterocycles. The maximum atomic E-state index is 13.1. The van der Waals surface area contributed by atoms with Crippen molar-refractivity contribution in [1.29, 1.82) is 0 Å². The van der Waals surface area contributed by atoms with Crippen molar-refractivity contribution in [2.75, 3.05) is 5.32 Å². The van der Waals surface area contributed by atoms with Crippen LogP contribution in [0.4, 0.5) is 5.69 Å². The molecule has 3 atom stereocenters. The molecule has 3 unspecified atom stereocenters. The third kappa shape index (κ3) is 4.01. The Balaban J connectivity index is 1.54. The molecule has 1 N–H and O–H groups in total. The van der Waals surface area contributed by atoms with Gasteiger partial charge in [0.25, 0.3) is 0 Å². The van der Waals surface area contributed by atoms with Gasteiger partial charge in [0.2, 0.25) is 11.8 Å². The molecule has 2 fully saturated rings. The first-order valence-electron chi connectivity index (χ1n) is 10.1. The highest BCUT2D eigenvalue weighted by molar-refractivity contribution is 6.00. The van der Waals surface area contributed by atoms with Crippen molar-refractivity contribution < 1.29 is 9.59 Å². The fourth-order valence-corrected chi connectivity index (χ4v) is 4.58. The van der Waals surface area contributed by atoms with Crippen LogP contribution in [0.3, 0.4) is 0 Å². The lowest BCUT2D eigenvalue weighted by Crippen LogP contribution is -2.47. The molecule has 0 spiro atoms. The number of nitrogens with zero attached hydrogens (tertiary/aromatic N) is 1. The molecule has 1 aliphatic heterocycles. The van der Waals surface area contributed by atoms with Crippen molar-refractivity contribution >= 4 is 23.6 Å². The van der Waals surface area contributed by atoms with Crippen molar-refractivity contribution in [2.45, 2.75) is 44.2 Å². The van der Waals surface area contributed by atoms with Gasteiger partial charge in [-0.1, -0.05) is 61.4 Å². The number of amides is 2. The standard InChI is InChI=1S/C24H26N2O2/c27-23(16-15-18-9-3-1-4-10-18)26-21-14-8-7-11-19(21)17-22(26)24(28)25-20-12-5-2-6-13-20/h1-6,9-10,12-13,15-16,19,21-22H,7-8,11,14,17H2,(H,25,28)/b16-15+. The quantitative estimate of drug-likeness (QED) is 0.801. The summed E-state index contributed by atoms with van der Waals surface area (Å²) in [4.78, 5) is 28.0. The van der Waals surface area contributed by atoms with Gasteiger partial charge in [0, 0.05) is 17.8 Å². The molecular weight excluding hydrogens is 348 g/mol. The zero-order chi connectivity index (χ0) is 19.3. The van der Waals surface area contributed by atoms with E-state index in [0.717, 1.165) is 36.9 Å². The van der Waals surface area contributed by atoms with Gasteiger partial charge in [-0.2, -0.15) is 0 Å². The molecule has 4 rings (SSSR count). The topological polar surface area (TPSA) is 49.4 Å². The minimum Gasteiger partial charge on any atom is -0.324 e. The number of benzene rings is 2. The maximum absolute atomic E-state index is 13.1. The molecule has 2 aromatic rings. The van der Waals surface area contributed by atoms with Crippen LogP contribution in [0.5, 0.6) is 0 Å². The van der Waals surface area contributed by atoms with Gasteiger partial charge < -0.3 is 10.2 Å². The van der Waals surface area contributed by atoms with Gasteiger partial charge in [-0.05, 0) is 49.0 Å². The van der Waals surface area contributed by atoms with E-state index in [4.69, 9.17) is 0 Å². The normalized spacial score (nSPS) is 24.1. The number of likely N-dealkylation sites (tertiary alicyclic amines) is 1. The van der Waals surface area contributed by atoms with Gasteiger partial charge in [-0.25, -0.2) is 0 Å². The van der Waals surface area contributed by atoms with Crippen LogP contribution in [0.25, 0.3) is 6.08 Å². The predicted molar refractivity (Wildman–Crippen MR) is 112 cm³/mol. The van der Waals surface area contributed by atoms with E-state index >= 15 is 0 Å². The van der Waals surface area contributed by atoms with E-state index in [-0.39, 0.29) is 17.9 Å². The van der Waals surface area contributed by atoms with E-state index in [1.807, 2.05) is 71.6 Å². The summed E-state index contributed by atoms with van der Waals surface area (Å²) in [7, 11) is 0. The van der Waals surface area contributed by atoms with Gasteiger partial charge in [-0.3, -0.25) is 9.59 Å². The Bertz CT molecular complexity index is 847. The number of para-hydroxylation sites is 1. The predicted octanol–water partition coefficient (Wildman–Crippen LogP) is 4.50. The molecule has 1 saturated carbocycles. The number of fused-ring (bicyclic) bond motifs is 1. The fourth-order valence-electron chi connectivity index (χ4n) is 4.58. The van der Waals surface area contributed by atoms with Crippen LogP contribution in [0.2, 0.25) is 0 Å². The second kappa shape index (κ2) is 8.42. The molecule has 1 aliphatic carbocycles. The van der Waals surface area contributed by atoms with Gasteiger partial charge in [-0.15, -0.1) is 0 Å². The van der Waals surface area contributed by atoms with Crippen molar-refractivity contribution in [2.24, 2.45) is 5.92 Å². The van der Waals surface area contributed by atoms with Crippen LogP contribution in [0, 0.1) is 5.92 Å². The zero-order valence-electron chi connectivity index (χ0n) is 16.0. The van der Waals surface area contributed by atoms with E-state index in [2.05, 4.69) is 5.32 Å². The number of nitrogens with one attached hydrogen (secondary N) is 1. The Morgan fingerprint density at radius 3 is 2.36 bits per heavy atom. The third-order valence-corrected chi connectivity index (χ3v) is 5.90. The van der Waals surface area contributed by atoms with Crippen molar-refractivity contribution in [1.82, 2.24) is 4.90 Å². The SMILES string of the molecule is O=C(Nc1ccccc1)C1CC2CCCCC2N1C(=O)/C=C/c1ccccc1. The Morgan fingerprint density at radius 2 is 1.61 bits per heavy atom. The highest BCUT2D eigenvalue weighted by Gasteiger charge is 2.46. The zero-order valence-corrected chi connectivity index (χ0v) is 16.0. The molecule has 0 radical (unpaired) electrons. The first kappa shape index (κ1) is 18.5. The molecule has 2 amide bonds. The summed E-state index contributed by atoms with van der Waals surface area (Å²) in [6, 6.07) is 19.0. The molecule has 0 aromatic heterocycles. The second-order valence-corrected chi connectivity index (χ2v) is 7.71. The summed E-state index contributed by atoms with van der Waals surface area (Å²) in [5.41, 5.74) is 1.76. The molecule has 144 valence electrons. The third-order valence-electron chi connectivity index (χ3n) is 5.90. The number of rotatable bonds is 4. The van der Waals surface area contributed by atoms with E-state index < -0.39 is 6.04 Å². The first-order chi connectivity index (χ1) is 13.7. The molecular formula is C24H26N2O2. The van der Waals surface area contributed by atoms with Crippen molar-refractivity contribution in [3.05, 3.63) is 72.3 Å². The lowest BCUT2D eigenvalue weighted by Gasteiger charge is -2.33. The summed E-state index contributed by atoms with van der Waals surface area (Å²) in [5, 5.41) is 3.00. The fraction of sp³-hybridized carbons (Fsp3) is 0.333. The van der Waals surface area contributed by atoms with Crippen LogP contribution in [0.1, 0.15) is 37.7 Å². The lowest BCUT2D eigenvalue weighted by molar-refractivity contribution is -0.135. The number of carbonyl (C=O) groups excluding carboxylic acids is 2. The number of carbonyl (C=O) groups is 2. The first-order valence-corrected chi connectivity index (χ1v) is 10.1. The Labute approximate surface area is 166 Å². The molecule has 28 heavy (non-hydrogen) atoms. The smallest absolute Gasteiger partial charge is 0.247 e.